The summed E-state index contributed by atoms with van der Waals surface area (Å²) in [5.74, 6) is 1.17. The van der Waals surface area contributed by atoms with Crippen LogP contribution in [0.4, 0.5) is 0 Å². The lowest BCUT2D eigenvalue weighted by Crippen LogP contribution is -2.32. The number of hydrogen-bond acceptors (Lipinski definition) is 4. The van der Waals surface area contributed by atoms with Crippen LogP contribution in [0.25, 0.3) is 0 Å². The van der Waals surface area contributed by atoms with Crippen LogP contribution in [0.15, 0.2) is 42.5 Å². The zero-order valence-corrected chi connectivity index (χ0v) is 18.5. The van der Waals surface area contributed by atoms with Crippen LogP contribution in [0.3, 0.4) is 0 Å². The van der Waals surface area contributed by atoms with Gasteiger partial charge in [0.1, 0.15) is 5.75 Å². The second kappa shape index (κ2) is 11.1. The largest absolute Gasteiger partial charge is 0.493 e. The molecule has 2 aromatic carbocycles. The van der Waals surface area contributed by atoms with Gasteiger partial charge in [0.05, 0.1) is 6.61 Å². The van der Waals surface area contributed by atoms with E-state index < -0.39 is 0 Å². The molecule has 170 valence electrons. The van der Waals surface area contributed by atoms with Gasteiger partial charge in [0.2, 0.25) is 0 Å². The highest BCUT2D eigenvalue weighted by Crippen LogP contribution is 2.25. The number of carbonyl (C=O) groups is 2. The van der Waals surface area contributed by atoms with Gasteiger partial charge in [-0.1, -0.05) is 12.1 Å². The van der Waals surface area contributed by atoms with Crippen molar-refractivity contribution < 1.29 is 19.1 Å². The molecule has 0 aromatic heterocycles. The van der Waals surface area contributed by atoms with Crippen LogP contribution in [0.1, 0.15) is 63.9 Å². The van der Waals surface area contributed by atoms with Gasteiger partial charge < -0.3 is 20.1 Å². The molecule has 0 spiro atoms. The SMILES string of the molecule is O=C1NCCCCCOc2ccc(C(=O)NCC3CCOCC3)cc2Cc2cccc1c2. The third-order valence-electron chi connectivity index (χ3n) is 6.16. The zero-order valence-electron chi connectivity index (χ0n) is 18.5. The lowest BCUT2D eigenvalue weighted by atomic mass is 9.98. The van der Waals surface area contributed by atoms with E-state index in [0.29, 0.717) is 43.2 Å². The quantitative estimate of drug-likeness (QED) is 0.769. The van der Waals surface area contributed by atoms with Crippen molar-refractivity contribution in [2.75, 3.05) is 32.9 Å². The predicted molar refractivity (Wildman–Crippen MR) is 123 cm³/mol. The molecule has 2 aliphatic heterocycles. The van der Waals surface area contributed by atoms with Gasteiger partial charge in [-0.3, -0.25) is 9.59 Å². The van der Waals surface area contributed by atoms with Crippen LogP contribution in [0.2, 0.25) is 0 Å². The van der Waals surface area contributed by atoms with Gasteiger partial charge >= 0.3 is 0 Å². The minimum atomic E-state index is -0.0631. The topological polar surface area (TPSA) is 76.7 Å². The van der Waals surface area contributed by atoms with E-state index in [9.17, 15) is 9.59 Å². The summed E-state index contributed by atoms with van der Waals surface area (Å²) in [7, 11) is 0. The van der Waals surface area contributed by atoms with Crippen molar-refractivity contribution in [2.45, 2.75) is 38.5 Å². The minimum absolute atomic E-state index is 0.0402. The Morgan fingerprint density at radius 3 is 2.78 bits per heavy atom. The molecule has 6 nitrogen and oxygen atoms in total. The molecule has 1 saturated heterocycles. The smallest absolute Gasteiger partial charge is 0.251 e. The highest BCUT2D eigenvalue weighted by Gasteiger charge is 2.17. The van der Waals surface area contributed by atoms with Crippen molar-refractivity contribution in [2.24, 2.45) is 5.92 Å². The van der Waals surface area contributed by atoms with E-state index in [1.807, 2.05) is 42.5 Å². The van der Waals surface area contributed by atoms with E-state index in [1.165, 1.54) is 0 Å². The van der Waals surface area contributed by atoms with Gasteiger partial charge in [-0.2, -0.15) is 0 Å². The van der Waals surface area contributed by atoms with E-state index in [-0.39, 0.29) is 11.8 Å². The average molecular weight is 437 g/mol. The fraction of sp³-hybridized carbons (Fsp3) is 0.462. The Hall–Kier alpha value is -2.86. The van der Waals surface area contributed by atoms with Crippen LogP contribution < -0.4 is 15.4 Å². The molecule has 0 saturated carbocycles. The summed E-state index contributed by atoms with van der Waals surface area (Å²) in [4.78, 5) is 25.3. The summed E-state index contributed by atoms with van der Waals surface area (Å²) in [5.41, 5.74) is 3.26. The Morgan fingerprint density at radius 1 is 1.03 bits per heavy atom. The van der Waals surface area contributed by atoms with Crippen molar-refractivity contribution in [3.63, 3.8) is 0 Å². The maximum Gasteiger partial charge on any atom is 0.251 e. The first-order chi connectivity index (χ1) is 15.7. The van der Waals surface area contributed by atoms with Crippen LogP contribution in [0, 0.1) is 5.92 Å². The Kier molecular flexibility index (Phi) is 7.77. The van der Waals surface area contributed by atoms with Gasteiger partial charge in [-0.25, -0.2) is 0 Å². The molecule has 6 heteroatoms. The molecule has 32 heavy (non-hydrogen) atoms. The molecule has 4 rings (SSSR count). The molecule has 2 amide bonds. The van der Waals surface area contributed by atoms with Crippen molar-refractivity contribution in [1.82, 2.24) is 10.6 Å². The van der Waals surface area contributed by atoms with Crippen LogP contribution in [0.5, 0.6) is 5.75 Å². The number of benzene rings is 2. The summed E-state index contributed by atoms with van der Waals surface area (Å²) < 4.78 is 11.5. The third kappa shape index (κ3) is 6.10. The van der Waals surface area contributed by atoms with E-state index in [2.05, 4.69) is 10.6 Å². The summed E-state index contributed by atoms with van der Waals surface area (Å²) in [6.07, 6.45) is 5.41. The standard InChI is InChI=1S/C26H32N2O4/c29-25-21-6-4-5-20(15-21)16-23-17-22(26(30)28-18-19-9-13-31-14-10-19)7-8-24(23)32-12-3-1-2-11-27-25/h4-8,15,17,19H,1-3,9-14,16,18H2,(H,27,29)(H,28,30). The first-order valence-electron chi connectivity index (χ1n) is 11.7. The highest BCUT2D eigenvalue weighted by atomic mass is 16.5. The molecular formula is C26H32N2O4. The summed E-state index contributed by atoms with van der Waals surface area (Å²) in [5, 5.41) is 6.07. The fourth-order valence-corrected chi connectivity index (χ4v) is 4.22. The average Bonchev–Trinajstić information content (AvgIpc) is 2.83. The molecular weight excluding hydrogens is 404 g/mol. The van der Waals surface area contributed by atoms with Gasteiger partial charge in [0.15, 0.2) is 0 Å². The van der Waals surface area contributed by atoms with Crippen molar-refractivity contribution in [1.29, 1.82) is 0 Å². The van der Waals surface area contributed by atoms with Crippen LogP contribution >= 0.6 is 0 Å². The lowest BCUT2D eigenvalue weighted by molar-refractivity contribution is 0.0642. The Bertz CT molecular complexity index is 937. The molecule has 0 aliphatic carbocycles. The molecule has 2 heterocycles. The molecule has 2 aromatic rings. The molecule has 0 atom stereocenters. The molecule has 0 unspecified atom stereocenters. The third-order valence-corrected chi connectivity index (χ3v) is 6.16. The van der Waals surface area contributed by atoms with Gasteiger partial charge in [0.25, 0.3) is 11.8 Å². The van der Waals surface area contributed by atoms with Gasteiger partial charge in [-0.15, -0.1) is 0 Å². The molecule has 0 radical (unpaired) electrons. The number of amides is 2. The maximum atomic E-state index is 12.8. The molecule has 2 bridgehead atoms. The van der Waals surface area contributed by atoms with Gasteiger partial charge in [0, 0.05) is 43.9 Å². The summed E-state index contributed by atoms with van der Waals surface area (Å²) in [6.45, 7) is 3.51. The molecule has 2 N–H and O–H groups in total. The fourth-order valence-electron chi connectivity index (χ4n) is 4.22. The predicted octanol–water partition coefficient (Wildman–Crippen LogP) is 3.73. The summed E-state index contributed by atoms with van der Waals surface area (Å²) >= 11 is 0. The highest BCUT2D eigenvalue weighted by molar-refractivity contribution is 5.95. The number of fused-ring (bicyclic) bond motifs is 3. The molecule has 2 aliphatic rings. The first-order valence-corrected chi connectivity index (χ1v) is 11.7. The number of nitrogens with one attached hydrogen (secondary N) is 2. The Balaban J connectivity index is 1.53. The lowest BCUT2D eigenvalue weighted by Gasteiger charge is -2.22. The maximum absolute atomic E-state index is 12.8. The van der Waals surface area contributed by atoms with Crippen molar-refractivity contribution >= 4 is 11.8 Å². The zero-order chi connectivity index (χ0) is 22.2. The Labute approximate surface area is 189 Å². The number of rotatable bonds is 3. The number of ether oxygens (including phenoxy) is 2. The van der Waals surface area contributed by atoms with E-state index >= 15 is 0 Å². The van der Waals surface area contributed by atoms with Crippen LogP contribution in [-0.4, -0.2) is 44.7 Å². The second-order valence-corrected chi connectivity index (χ2v) is 8.63. The van der Waals surface area contributed by atoms with Gasteiger partial charge in [-0.05, 0) is 79.5 Å². The van der Waals surface area contributed by atoms with Crippen LogP contribution in [-0.2, 0) is 11.2 Å². The van der Waals surface area contributed by atoms with Crippen molar-refractivity contribution in [3.8, 4) is 5.75 Å². The van der Waals surface area contributed by atoms with E-state index in [1.54, 1.807) is 0 Å². The van der Waals surface area contributed by atoms with E-state index in [0.717, 1.165) is 62.2 Å². The summed E-state index contributed by atoms with van der Waals surface area (Å²) in [6, 6.07) is 13.3. The van der Waals surface area contributed by atoms with E-state index in [4.69, 9.17) is 9.47 Å². The normalized spacial score (nSPS) is 17.9. The van der Waals surface area contributed by atoms with Crippen molar-refractivity contribution in [3.05, 3.63) is 64.7 Å². The number of carbonyl (C=O) groups excluding carboxylic acids is 2. The monoisotopic (exact) mass is 436 g/mol. The second-order valence-electron chi connectivity index (χ2n) is 8.63. The first kappa shape index (κ1) is 22.3. The minimum Gasteiger partial charge on any atom is -0.493 e. The number of hydrogen-bond donors (Lipinski definition) is 2. The molecule has 1 fully saturated rings. The Morgan fingerprint density at radius 2 is 1.91 bits per heavy atom.